The normalized spacial score (nSPS) is 13.8. The first kappa shape index (κ1) is 15.9. The van der Waals surface area contributed by atoms with Gasteiger partial charge in [-0.05, 0) is 37.3 Å². The number of rotatable bonds is 7. The minimum absolute atomic E-state index is 0.00380. The first-order chi connectivity index (χ1) is 8.99. The van der Waals surface area contributed by atoms with E-state index in [0.29, 0.717) is 12.1 Å². The Kier molecular flexibility index (Phi) is 6.73. The molecule has 4 N–H and O–H groups in total. The van der Waals surface area contributed by atoms with Gasteiger partial charge in [0.1, 0.15) is 0 Å². The number of carbonyl (C=O) groups is 1. The van der Waals surface area contributed by atoms with E-state index in [1.165, 1.54) is 0 Å². The summed E-state index contributed by atoms with van der Waals surface area (Å²) in [5.41, 5.74) is 7.01. The maximum absolute atomic E-state index is 11.7. The Morgan fingerprint density at radius 2 is 2.21 bits per heavy atom. The van der Waals surface area contributed by atoms with Gasteiger partial charge in [0.2, 0.25) is 5.91 Å². The largest absolute Gasteiger partial charge is 0.399 e. The summed E-state index contributed by atoms with van der Waals surface area (Å²) < 4.78 is 0. The minimum Gasteiger partial charge on any atom is -0.399 e. The number of nitrogen functional groups attached to an aromatic ring is 1. The van der Waals surface area contributed by atoms with Gasteiger partial charge in [0.25, 0.3) is 0 Å². The second kappa shape index (κ2) is 8.07. The molecule has 1 amide bonds. The first-order valence-corrected chi connectivity index (χ1v) is 7.49. The zero-order chi connectivity index (χ0) is 14.3. The summed E-state index contributed by atoms with van der Waals surface area (Å²) in [7, 11) is 0. The lowest BCUT2D eigenvalue weighted by molar-refractivity contribution is -0.116. The maximum Gasteiger partial charge on any atom is 0.224 e. The van der Waals surface area contributed by atoms with Gasteiger partial charge < -0.3 is 16.2 Å². The van der Waals surface area contributed by atoms with Crippen LogP contribution in [-0.4, -0.2) is 28.1 Å². The van der Waals surface area contributed by atoms with Crippen LogP contribution < -0.4 is 11.1 Å². The predicted octanol–water partition coefficient (Wildman–Crippen LogP) is 2.49. The molecule has 0 fully saturated rings. The molecule has 5 heteroatoms. The minimum atomic E-state index is -0.314. The highest BCUT2D eigenvalue weighted by atomic mass is 32.2. The standard InChI is InChI=1S/C14H22N2O2S/c1-10(17)11(2)19-8-4-7-14(18)16-13-6-3-5-12(15)9-13/h3,5-6,9-11,17H,4,7-8,15H2,1-2H3,(H,16,18). The van der Waals surface area contributed by atoms with E-state index >= 15 is 0 Å². The molecule has 0 aliphatic carbocycles. The SMILES string of the molecule is CC(O)C(C)SCCCC(=O)Nc1cccc(N)c1. The van der Waals surface area contributed by atoms with Crippen LogP contribution in [0.15, 0.2) is 24.3 Å². The van der Waals surface area contributed by atoms with Gasteiger partial charge in [0.05, 0.1) is 6.10 Å². The van der Waals surface area contributed by atoms with Crippen molar-refractivity contribution in [3.05, 3.63) is 24.3 Å². The van der Waals surface area contributed by atoms with E-state index in [-0.39, 0.29) is 17.3 Å². The van der Waals surface area contributed by atoms with Crippen molar-refractivity contribution in [2.45, 2.75) is 38.0 Å². The molecule has 1 rings (SSSR count). The summed E-state index contributed by atoms with van der Waals surface area (Å²) in [5.74, 6) is 0.868. The van der Waals surface area contributed by atoms with Crippen LogP contribution in [0.3, 0.4) is 0 Å². The molecular formula is C14H22N2O2S. The molecule has 106 valence electrons. The lowest BCUT2D eigenvalue weighted by atomic mass is 10.2. The van der Waals surface area contributed by atoms with E-state index in [9.17, 15) is 9.90 Å². The molecular weight excluding hydrogens is 260 g/mol. The molecule has 0 aliphatic heterocycles. The maximum atomic E-state index is 11.7. The number of carbonyl (C=O) groups excluding carboxylic acids is 1. The lowest BCUT2D eigenvalue weighted by Crippen LogP contribution is -2.16. The fraction of sp³-hybridized carbons (Fsp3) is 0.500. The third kappa shape index (κ3) is 6.50. The second-order valence-electron chi connectivity index (χ2n) is 4.59. The van der Waals surface area contributed by atoms with Crippen molar-refractivity contribution in [1.29, 1.82) is 0 Å². The van der Waals surface area contributed by atoms with Crippen molar-refractivity contribution in [2.24, 2.45) is 0 Å². The van der Waals surface area contributed by atoms with E-state index in [2.05, 4.69) is 5.32 Å². The first-order valence-electron chi connectivity index (χ1n) is 6.44. The van der Waals surface area contributed by atoms with Gasteiger partial charge in [-0.25, -0.2) is 0 Å². The fourth-order valence-electron chi connectivity index (χ4n) is 1.48. The Morgan fingerprint density at radius 1 is 1.47 bits per heavy atom. The van der Waals surface area contributed by atoms with Crippen molar-refractivity contribution in [3.63, 3.8) is 0 Å². The van der Waals surface area contributed by atoms with Crippen LogP contribution in [0.25, 0.3) is 0 Å². The van der Waals surface area contributed by atoms with Crippen LogP contribution in [0.1, 0.15) is 26.7 Å². The zero-order valence-corrected chi connectivity index (χ0v) is 12.2. The zero-order valence-electron chi connectivity index (χ0n) is 11.4. The highest BCUT2D eigenvalue weighted by Gasteiger charge is 2.09. The Balaban J connectivity index is 2.22. The number of aliphatic hydroxyl groups excluding tert-OH is 1. The number of nitrogens with two attached hydrogens (primary N) is 1. The number of benzene rings is 1. The van der Waals surface area contributed by atoms with Crippen LogP contribution in [0.2, 0.25) is 0 Å². The van der Waals surface area contributed by atoms with Crippen LogP contribution in [-0.2, 0) is 4.79 Å². The van der Waals surface area contributed by atoms with Crippen LogP contribution in [0.4, 0.5) is 11.4 Å². The smallest absolute Gasteiger partial charge is 0.224 e. The summed E-state index contributed by atoms with van der Waals surface area (Å²) in [4.78, 5) is 11.7. The van der Waals surface area contributed by atoms with E-state index < -0.39 is 0 Å². The molecule has 1 aromatic rings. The number of amides is 1. The van der Waals surface area contributed by atoms with E-state index in [0.717, 1.165) is 17.9 Å². The average molecular weight is 282 g/mol. The topological polar surface area (TPSA) is 75.3 Å². The highest BCUT2D eigenvalue weighted by molar-refractivity contribution is 7.99. The number of thioether (sulfide) groups is 1. The molecule has 2 atom stereocenters. The molecule has 2 unspecified atom stereocenters. The number of hydrogen-bond acceptors (Lipinski definition) is 4. The lowest BCUT2D eigenvalue weighted by Gasteiger charge is -2.13. The van der Waals surface area contributed by atoms with Crippen molar-refractivity contribution >= 4 is 29.0 Å². The summed E-state index contributed by atoms with van der Waals surface area (Å²) in [6.07, 6.45) is 0.968. The molecule has 19 heavy (non-hydrogen) atoms. The Hall–Kier alpha value is -1.20. The van der Waals surface area contributed by atoms with Gasteiger partial charge in [-0.1, -0.05) is 13.0 Å². The van der Waals surface area contributed by atoms with Gasteiger partial charge in [-0.3, -0.25) is 4.79 Å². The summed E-state index contributed by atoms with van der Waals surface area (Å²) in [5, 5.41) is 12.4. The molecule has 4 nitrogen and oxygen atoms in total. The van der Waals surface area contributed by atoms with Gasteiger partial charge >= 0.3 is 0 Å². The van der Waals surface area contributed by atoms with Gasteiger partial charge in [0, 0.05) is 23.0 Å². The summed E-state index contributed by atoms with van der Waals surface area (Å²) in [6.45, 7) is 3.77. The van der Waals surface area contributed by atoms with Gasteiger partial charge in [-0.2, -0.15) is 11.8 Å². The van der Waals surface area contributed by atoms with Crippen molar-refractivity contribution in [3.8, 4) is 0 Å². The molecule has 0 aliphatic rings. The molecule has 0 aromatic heterocycles. The number of hydrogen-bond donors (Lipinski definition) is 3. The van der Waals surface area contributed by atoms with Crippen LogP contribution >= 0.6 is 11.8 Å². The van der Waals surface area contributed by atoms with Crippen molar-refractivity contribution in [1.82, 2.24) is 0 Å². The number of aliphatic hydroxyl groups is 1. The number of anilines is 2. The van der Waals surface area contributed by atoms with E-state index in [4.69, 9.17) is 5.73 Å². The third-order valence-electron chi connectivity index (χ3n) is 2.78. The Labute approximate surface area is 118 Å². The Morgan fingerprint density at radius 3 is 2.84 bits per heavy atom. The van der Waals surface area contributed by atoms with Crippen molar-refractivity contribution in [2.75, 3.05) is 16.8 Å². The second-order valence-corrected chi connectivity index (χ2v) is 6.08. The molecule has 1 aromatic carbocycles. The summed E-state index contributed by atoms with van der Waals surface area (Å²) >= 11 is 1.69. The van der Waals surface area contributed by atoms with Crippen molar-refractivity contribution < 1.29 is 9.90 Å². The molecule has 0 bridgehead atoms. The Bertz CT molecular complexity index is 410. The van der Waals surface area contributed by atoms with Crippen LogP contribution in [0, 0.1) is 0 Å². The molecule has 0 saturated heterocycles. The average Bonchev–Trinajstić information content (AvgIpc) is 2.34. The van der Waals surface area contributed by atoms with E-state index in [1.807, 2.05) is 19.1 Å². The van der Waals surface area contributed by atoms with E-state index in [1.54, 1.807) is 30.8 Å². The molecule has 0 heterocycles. The molecule has 0 radical (unpaired) electrons. The highest BCUT2D eigenvalue weighted by Crippen LogP contribution is 2.16. The molecule has 0 spiro atoms. The monoisotopic (exact) mass is 282 g/mol. The van der Waals surface area contributed by atoms with Crippen LogP contribution in [0.5, 0.6) is 0 Å². The van der Waals surface area contributed by atoms with Gasteiger partial charge in [-0.15, -0.1) is 0 Å². The molecule has 0 saturated carbocycles. The fourth-order valence-corrected chi connectivity index (χ4v) is 2.44. The quantitative estimate of drug-likeness (QED) is 0.530. The summed E-state index contributed by atoms with van der Waals surface area (Å²) in [6, 6.07) is 7.15. The van der Waals surface area contributed by atoms with Gasteiger partial charge in [0.15, 0.2) is 0 Å². The third-order valence-corrected chi connectivity index (χ3v) is 4.22. The predicted molar refractivity (Wildman–Crippen MR) is 82.3 cm³/mol. The number of nitrogens with one attached hydrogen (secondary N) is 1.